The van der Waals surface area contributed by atoms with Crippen molar-refractivity contribution in [1.82, 2.24) is 0 Å². The van der Waals surface area contributed by atoms with Crippen molar-refractivity contribution >= 4 is 7.68 Å². The van der Waals surface area contributed by atoms with Gasteiger partial charge in [-0.05, 0) is 25.2 Å². The van der Waals surface area contributed by atoms with E-state index in [0.717, 1.165) is 25.9 Å². The van der Waals surface area contributed by atoms with E-state index in [1.807, 2.05) is 0 Å². The monoisotopic (exact) mass is 180 g/mol. The van der Waals surface area contributed by atoms with Crippen LogP contribution in [0.1, 0.15) is 26.2 Å². The fraction of sp³-hybridized carbons (Fsp3) is 1.00. The van der Waals surface area contributed by atoms with Gasteiger partial charge >= 0.3 is 7.68 Å². The van der Waals surface area contributed by atoms with E-state index in [0.29, 0.717) is 5.92 Å². The van der Waals surface area contributed by atoms with Gasteiger partial charge in [-0.3, -0.25) is 4.57 Å². The lowest BCUT2D eigenvalue weighted by Crippen LogP contribution is -2.04. The van der Waals surface area contributed by atoms with E-state index in [4.69, 9.17) is 4.52 Å². The summed E-state index contributed by atoms with van der Waals surface area (Å²) < 4.78 is 27.8. The SMILES string of the molecule is CC1CCC(OP(C)(=O)F)C1. The molecule has 0 aromatic rings. The van der Waals surface area contributed by atoms with Crippen LogP contribution in [0.15, 0.2) is 0 Å². The molecule has 0 radical (unpaired) electrons. The topological polar surface area (TPSA) is 26.3 Å². The van der Waals surface area contributed by atoms with Gasteiger partial charge in [0.15, 0.2) is 0 Å². The minimum Gasteiger partial charge on any atom is -0.302 e. The molecule has 4 heteroatoms. The van der Waals surface area contributed by atoms with Crippen LogP contribution in [0.4, 0.5) is 4.20 Å². The first kappa shape index (κ1) is 9.21. The average Bonchev–Trinajstić information content (AvgIpc) is 2.10. The predicted molar refractivity (Wildman–Crippen MR) is 42.5 cm³/mol. The van der Waals surface area contributed by atoms with Gasteiger partial charge in [-0.2, -0.15) is 4.20 Å². The Hall–Kier alpha value is 0.120. The van der Waals surface area contributed by atoms with Crippen molar-refractivity contribution < 1.29 is 13.3 Å². The van der Waals surface area contributed by atoms with Gasteiger partial charge in [0.2, 0.25) is 0 Å². The number of hydrogen-bond acceptors (Lipinski definition) is 2. The van der Waals surface area contributed by atoms with Gasteiger partial charge in [0, 0.05) is 6.66 Å². The lowest BCUT2D eigenvalue weighted by Gasteiger charge is -2.11. The molecule has 2 nitrogen and oxygen atoms in total. The summed E-state index contributed by atoms with van der Waals surface area (Å²) in [6, 6.07) is 0. The second-order valence-corrected chi connectivity index (χ2v) is 5.10. The molecule has 1 rings (SSSR count). The summed E-state index contributed by atoms with van der Waals surface area (Å²) in [7, 11) is -3.74. The zero-order chi connectivity index (χ0) is 8.48. The summed E-state index contributed by atoms with van der Waals surface area (Å²) in [6.07, 6.45) is 2.65. The molecule has 0 heterocycles. The summed E-state index contributed by atoms with van der Waals surface area (Å²) >= 11 is 0. The first-order valence-electron chi connectivity index (χ1n) is 3.93. The second-order valence-electron chi connectivity index (χ2n) is 3.39. The molecular weight excluding hydrogens is 166 g/mol. The number of rotatable bonds is 2. The van der Waals surface area contributed by atoms with Crippen molar-refractivity contribution in [2.24, 2.45) is 5.92 Å². The molecule has 0 aromatic heterocycles. The first-order chi connectivity index (χ1) is 4.97. The molecule has 0 amide bonds. The molecule has 1 aliphatic rings. The Balaban J connectivity index is 2.34. The zero-order valence-corrected chi connectivity index (χ0v) is 7.81. The third-order valence-corrected chi connectivity index (χ3v) is 2.66. The molecule has 1 saturated carbocycles. The molecule has 3 unspecified atom stereocenters. The first-order valence-corrected chi connectivity index (χ1v) is 5.89. The van der Waals surface area contributed by atoms with Crippen LogP contribution in [0, 0.1) is 5.92 Å². The van der Waals surface area contributed by atoms with Gasteiger partial charge in [-0.15, -0.1) is 0 Å². The highest BCUT2D eigenvalue weighted by molar-refractivity contribution is 7.52. The van der Waals surface area contributed by atoms with Crippen LogP contribution in [0.5, 0.6) is 0 Å². The van der Waals surface area contributed by atoms with Crippen LogP contribution in [0.25, 0.3) is 0 Å². The molecule has 0 bridgehead atoms. The van der Waals surface area contributed by atoms with Crippen LogP contribution in [-0.2, 0) is 9.09 Å². The van der Waals surface area contributed by atoms with Gasteiger partial charge in [0.25, 0.3) is 0 Å². The molecule has 0 saturated heterocycles. The quantitative estimate of drug-likeness (QED) is 0.610. The van der Waals surface area contributed by atoms with Crippen LogP contribution < -0.4 is 0 Å². The normalized spacial score (nSPS) is 37.0. The Bertz CT molecular complexity index is 177. The van der Waals surface area contributed by atoms with Crippen LogP contribution >= 0.6 is 7.68 Å². The fourth-order valence-electron chi connectivity index (χ4n) is 1.52. The van der Waals surface area contributed by atoms with E-state index >= 15 is 0 Å². The molecule has 1 aliphatic carbocycles. The van der Waals surface area contributed by atoms with E-state index in [9.17, 15) is 8.76 Å². The minimum absolute atomic E-state index is 0.106. The van der Waals surface area contributed by atoms with E-state index in [1.165, 1.54) is 0 Å². The standard InChI is InChI=1S/C7H14FO2P/c1-6-3-4-7(5-6)10-11(2,8)9/h6-7H,3-5H2,1-2H3. The number of hydrogen-bond donors (Lipinski definition) is 0. The number of halogens is 1. The summed E-state index contributed by atoms with van der Waals surface area (Å²) in [5.41, 5.74) is 0. The Morgan fingerprint density at radius 1 is 1.55 bits per heavy atom. The molecule has 11 heavy (non-hydrogen) atoms. The highest BCUT2D eigenvalue weighted by Gasteiger charge is 2.27. The van der Waals surface area contributed by atoms with Crippen molar-refractivity contribution in [3.63, 3.8) is 0 Å². The van der Waals surface area contributed by atoms with Crippen molar-refractivity contribution in [3.05, 3.63) is 0 Å². The molecule has 0 aromatic carbocycles. The fourth-order valence-corrected chi connectivity index (χ4v) is 2.24. The summed E-state index contributed by atoms with van der Waals surface area (Å²) in [4.78, 5) is 0. The van der Waals surface area contributed by atoms with E-state index in [1.54, 1.807) is 0 Å². The highest BCUT2D eigenvalue weighted by atomic mass is 31.2. The molecule has 1 fully saturated rings. The van der Waals surface area contributed by atoms with Gasteiger partial charge in [-0.1, -0.05) is 6.92 Å². The Labute approximate surface area is 66.7 Å². The van der Waals surface area contributed by atoms with E-state index in [2.05, 4.69) is 6.92 Å². The molecule has 0 spiro atoms. The summed E-state index contributed by atoms with van der Waals surface area (Å²) in [5, 5.41) is 0. The smallest absolute Gasteiger partial charge is 0.302 e. The molecule has 0 aliphatic heterocycles. The maximum atomic E-state index is 12.5. The molecule has 3 atom stereocenters. The van der Waals surface area contributed by atoms with Gasteiger partial charge < -0.3 is 4.52 Å². The van der Waals surface area contributed by atoms with Crippen molar-refractivity contribution in [2.75, 3.05) is 6.66 Å². The summed E-state index contributed by atoms with van der Waals surface area (Å²) in [5.74, 6) is 0.589. The van der Waals surface area contributed by atoms with Crippen LogP contribution in [0.3, 0.4) is 0 Å². The molecular formula is C7H14FO2P. The van der Waals surface area contributed by atoms with Crippen molar-refractivity contribution in [2.45, 2.75) is 32.3 Å². The maximum absolute atomic E-state index is 12.5. The largest absolute Gasteiger partial charge is 0.364 e. The van der Waals surface area contributed by atoms with Crippen LogP contribution in [0.2, 0.25) is 0 Å². The van der Waals surface area contributed by atoms with Crippen molar-refractivity contribution in [1.29, 1.82) is 0 Å². The Morgan fingerprint density at radius 3 is 2.55 bits per heavy atom. The van der Waals surface area contributed by atoms with Crippen LogP contribution in [-0.4, -0.2) is 12.8 Å². The average molecular weight is 180 g/mol. The molecule has 0 N–H and O–H groups in total. The zero-order valence-electron chi connectivity index (χ0n) is 6.92. The third kappa shape index (κ3) is 3.35. The highest BCUT2D eigenvalue weighted by Crippen LogP contribution is 2.48. The van der Waals surface area contributed by atoms with Gasteiger partial charge in [-0.25, -0.2) is 0 Å². The minimum atomic E-state index is -3.74. The summed E-state index contributed by atoms with van der Waals surface area (Å²) in [6.45, 7) is 3.12. The lowest BCUT2D eigenvalue weighted by molar-refractivity contribution is 0.194. The predicted octanol–water partition coefficient (Wildman–Crippen LogP) is 2.98. The van der Waals surface area contributed by atoms with Gasteiger partial charge in [0.05, 0.1) is 6.10 Å². The maximum Gasteiger partial charge on any atom is 0.364 e. The third-order valence-electron chi connectivity index (χ3n) is 1.98. The molecule has 66 valence electrons. The Kier molecular flexibility index (Phi) is 2.71. The second kappa shape index (κ2) is 3.24. The lowest BCUT2D eigenvalue weighted by atomic mass is 10.1. The van der Waals surface area contributed by atoms with Crippen molar-refractivity contribution in [3.8, 4) is 0 Å². The Morgan fingerprint density at radius 2 is 2.18 bits per heavy atom. The van der Waals surface area contributed by atoms with E-state index in [-0.39, 0.29) is 6.10 Å². The van der Waals surface area contributed by atoms with E-state index < -0.39 is 7.68 Å². The van der Waals surface area contributed by atoms with Gasteiger partial charge in [0.1, 0.15) is 0 Å².